The molecular formula is C18H21FN6O2. The van der Waals surface area contributed by atoms with Gasteiger partial charge in [0, 0.05) is 18.3 Å². The van der Waals surface area contributed by atoms with E-state index < -0.39 is 0 Å². The molecule has 2 bridgehead atoms. The second kappa shape index (κ2) is 8.45. The van der Waals surface area contributed by atoms with Crippen LogP contribution in [0, 0.1) is 5.82 Å². The number of halogens is 1. The Hall–Kier alpha value is -3.20. The molecule has 8 nitrogen and oxygen atoms in total. The minimum absolute atomic E-state index is 0.267. The monoisotopic (exact) mass is 372 g/mol. The normalized spacial score (nSPS) is 13.7. The van der Waals surface area contributed by atoms with Crippen LogP contribution in [0.5, 0.6) is 5.75 Å². The predicted octanol–water partition coefficient (Wildman–Crippen LogP) is 1.44. The molecule has 3 N–H and O–H groups in total. The molecule has 2 aromatic heterocycles. The van der Waals surface area contributed by atoms with Crippen molar-refractivity contribution in [2.75, 3.05) is 32.6 Å². The summed E-state index contributed by atoms with van der Waals surface area (Å²) in [7, 11) is 3.75. The van der Waals surface area contributed by atoms with Crippen LogP contribution in [0.3, 0.4) is 0 Å². The van der Waals surface area contributed by atoms with E-state index in [4.69, 9.17) is 4.74 Å². The number of rotatable bonds is 0. The molecule has 27 heavy (non-hydrogen) atoms. The van der Waals surface area contributed by atoms with E-state index in [1.807, 2.05) is 14.1 Å². The zero-order valence-corrected chi connectivity index (χ0v) is 15.1. The summed E-state index contributed by atoms with van der Waals surface area (Å²) < 4.78 is 20.7. The van der Waals surface area contributed by atoms with E-state index in [0.29, 0.717) is 41.4 Å². The summed E-state index contributed by atoms with van der Waals surface area (Å²) in [4.78, 5) is 16.7. The van der Waals surface area contributed by atoms with E-state index in [9.17, 15) is 9.18 Å². The first-order valence-electron chi connectivity index (χ1n) is 8.48. The number of amides is 1. The molecule has 0 saturated carbocycles. The lowest BCUT2D eigenvalue weighted by molar-refractivity contribution is 0.0948. The van der Waals surface area contributed by atoms with Gasteiger partial charge in [0.05, 0.1) is 12.7 Å². The number of hydrogen-bond acceptors (Lipinski definition) is 6. The maximum absolute atomic E-state index is 13.5. The molecule has 1 aliphatic rings. The van der Waals surface area contributed by atoms with Crippen LogP contribution in [-0.4, -0.2) is 47.8 Å². The van der Waals surface area contributed by atoms with Crippen LogP contribution in [0.1, 0.15) is 15.9 Å². The molecule has 3 aromatic rings. The smallest absolute Gasteiger partial charge is 0.256 e. The lowest BCUT2D eigenvalue weighted by Crippen LogP contribution is -2.28. The highest BCUT2D eigenvalue weighted by Gasteiger charge is 2.15. The molecule has 1 amide bonds. The van der Waals surface area contributed by atoms with Crippen LogP contribution in [0.15, 0.2) is 36.7 Å². The van der Waals surface area contributed by atoms with Gasteiger partial charge in [0.15, 0.2) is 5.65 Å². The molecule has 0 saturated heterocycles. The van der Waals surface area contributed by atoms with E-state index in [2.05, 4.69) is 26.0 Å². The Morgan fingerprint density at radius 1 is 1.26 bits per heavy atom. The highest BCUT2D eigenvalue weighted by molar-refractivity contribution is 5.99. The third kappa shape index (κ3) is 4.32. The Morgan fingerprint density at radius 2 is 2.07 bits per heavy atom. The van der Waals surface area contributed by atoms with Crippen molar-refractivity contribution in [3.05, 3.63) is 53.6 Å². The average Bonchev–Trinajstić information content (AvgIpc) is 3.08. The molecule has 0 atom stereocenters. The van der Waals surface area contributed by atoms with Crippen molar-refractivity contribution < 1.29 is 13.9 Å². The fourth-order valence-corrected chi connectivity index (χ4v) is 2.56. The fourth-order valence-electron chi connectivity index (χ4n) is 2.56. The molecule has 142 valence electrons. The van der Waals surface area contributed by atoms with Crippen LogP contribution < -0.4 is 20.7 Å². The topological polar surface area (TPSA) is 92.6 Å². The van der Waals surface area contributed by atoms with Gasteiger partial charge in [0.1, 0.15) is 29.6 Å². The zero-order valence-electron chi connectivity index (χ0n) is 15.1. The van der Waals surface area contributed by atoms with Crippen molar-refractivity contribution in [2.45, 2.75) is 6.54 Å². The highest BCUT2D eigenvalue weighted by atomic mass is 19.1. The van der Waals surface area contributed by atoms with Crippen LogP contribution in [-0.2, 0) is 6.54 Å². The first kappa shape index (κ1) is 18.6. The molecule has 0 aliphatic carbocycles. The fraction of sp³-hybridized carbons (Fsp3) is 0.278. The maximum Gasteiger partial charge on any atom is 0.256 e. The molecule has 0 spiro atoms. The number of nitrogens with zero attached hydrogens (tertiary/aromatic N) is 3. The van der Waals surface area contributed by atoms with E-state index in [1.165, 1.54) is 22.8 Å². The number of benzene rings is 1. The van der Waals surface area contributed by atoms with Crippen molar-refractivity contribution in [1.82, 2.24) is 25.2 Å². The van der Waals surface area contributed by atoms with Gasteiger partial charge in [-0.25, -0.2) is 13.9 Å². The lowest BCUT2D eigenvalue weighted by Gasteiger charge is -2.12. The third-order valence-electron chi connectivity index (χ3n) is 3.74. The number of nitrogens with one attached hydrogen (secondary N) is 3. The number of hydrogen-bond donors (Lipinski definition) is 3. The highest BCUT2D eigenvalue weighted by Crippen LogP contribution is 2.21. The molecule has 1 aromatic carbocycles. The standard InChI is InChI=1S/C16H14FN5O2.C2H7N/c17-11-1-2-13-10(7-11)8-19-14-3-5-22-15(21-14)12(9-20-22)16(23)18-4-6-24-13;1-3-2/h1-3,5,7,9H,4,6,8H2,(H,18,23)(H,19,21);3H,1-2H3. The largest absolute Gasteiger partial charge is 0.491 e. The Balaban J connectivity index is 0.000000659. The second-order valence-corrected chi connectivity index (χ2v) is 5.85. The zero-order chi connectivity index (χ0) is 19.2. The Morgan fingerprint density at radius 3 is 2.89 bits per heavy atom. The summed E-state index contributed by atoms with van der Waals surface area (Å²) in [5.41, 5.74) is 1.52. The Labute approximate surface area is 155 Å². The number of carbonyl (C=O) groups is 1. The Bertz CT molecular complexity index is 943. The van der Waals surface area contributed by atoms with Crippen molar-refractivity contribution in [1.29, 1.82) is 0 Å². The molecule has 3 heterocycles. The number of ether oxygens (including phenoxy) is 1. The van der Waals surface area contributed by atoms with Gasteiger partial charge in [-0.3, -0.25) is 4.79 Å². The Kier molecular flexibility index (Phi) is 5.82. The molecule has 0 fully saturated rings. The van der Waals surface area contributed by atoms with E-state index in [1.54, 1.807) is 18.3 Å². The van der Waals surface area contributed by atoms with Crippen LogP contribution in [0.25, 0.3) is 5.65 Å². The van der Waals surface area contributed by atoms with Gasteiger partial charge in [-0.05, 0) is 38.4 Å². The molecule has 4 rings (SSSR count). The van der Waals surface area contributed by atoms with Gasteiger partial charge in [-0.15, -0.1) is 0 Å². The first-order chi connectivity index (χ1) is 13.1. The van der Waals surface area contributed by atoms with Crippen LogP contribution in [0.2, 0.25) is 0 Å². The maximum atomic E-state index is 13.5. The summed E-state index contributed by atoms with van der Waals surface area (Å²) in [6.45, 7) is 0.945. The SMILES string of the molecule is CNC.O=C1NCCOc2ccc(F)cc2CNc2ccn3ncc1c3n2. The molecule has 1 aliphatic heterocycles. The summed E-state index contributed by atoms with van der Waals surface area (Å²) in [5.74, 6) is 0.531. The van der Waals surface area contributed by atoms with Crippen molar-refractivity contribution in [2.24, 2.45) is 0 Å². The lowest BCUT2D eigenvalue weighted by atomic mass is 10.2. The van der Waals surface area contributed by atoms with E-state index >= 15 is 0 Å². The van der Waals surface area contributed by atoms with Crippen molar-refractivity contribution in [3.8, 4) is 5.75 Å². The first-order valence-corrected chi connectivity index (χ1v) is 8.48. The van der Waals surface area contributed by atoms with Crippen molar-refractivity contribution >= 4 is 17.4 Å². The number of fused-ring (bicyclic) bond motifs is 2. The van der Waals surface area contributed by atoms with Gasteiger partial charge in [0.25, 0.3) is 5.91 Å². The molecule has 0 radical (unpaired) electrons. The van der Waals surface area contributed by atoms with Crippen LogP contribution >= 0.6 is 0 Å². The summed E-state index contributed by atoms with van der Waals surface area (Å²) in [6.07, 6.45) is 3.19. The third-order valence-corrected chi connectivity index (χ3v) is 3.74. The summed E-state index contributed by atoms with van der Waals surface area (Å²) in [5, 5.41) is 12.8. The minimum atomic E-state index is -0.335. The summed E-state index contributed by atoms with van der Waals surface area (Å²) >= 11 is 0. The van der Waals surface area contributed by atoms with Gasteiger partial charge in [0.2, 0.25) is 0 Å². The van der Waals surface area contributed by atoms with Gasteiger partial charge in [-0.1, -0.05) is 0 Å². The van der Waals surface area contributed by atoms with Crippen molar-refractivity contribution in [3.63, 3.8) is 0 Å². The summed E-state index contributed by atoms with van der Waals surface area (Å²) in [6, 6.07) is 6.08. The molecule has 9 heteroatoms. The van der Waals surface area contributed by atoms with Gasteiger partial charge in [-0.2, -0.15) is 5.10 Å². The van der Waals surface area contributed by atoms with E-state index in [-0.39, 0.29) is 18.3 Å². The number of carbonyl (C=O) groups excluding carboxylic acids is 1. The molecule has 0 unspecified atom stereocenters. The van der Waals surface area contributed by atoms with Gasteiger partial charge >= 0.3 is 0 Å². The molecular weight excluding hydrogens is 351 g/mol. The van der Waals surface area contributed by atoms with E-state index in [0.717, 1.165) is 0 Å². The van der Waals surface area contributed by atoms with Crippen LogP contribution in [0.4, 0.5) is 10.2 Å². The quantitative estimate of drug-likeness (QED) is 0.553. The van der Waals surface area contributed by atoms with Gasteiger partial charge < -0.3 is 20.7 Å². The number of aromatic nitrogens is 3. The second-order valence-electron chi connectivity index (χ2n) is 5.85. The minimum Gasteiger partial charge on any atom is -0.491 e. The number of anilines is 1. The average molecular weight is 372 g/mol. The predicted molar refractivity (Wildman–Crippen MR) is 99.5 cm³/mol.